The highest BCUT2D eigenvalue weighted by molar-refractivity contribution is 5.80. The topological polar surface area (TPSA) is 41.1 Å². The Bertz CT molecular complexity index is 447. The van der Waals surface area contributed by atoms with E-state index >= 15 is 0 Å². The third kappa shape index (κ3) is 2.81. The SMILES string of the molecule is CC1CC(NC(=O)C2Cc3ccccc3C2)CCN1. The molecule has 2 atom stereocenters. The lowest BCUT2D eigenvalue weighted by molar-refractivity contribution is -0.125. The number of benzene rings is 1. The van der Waals surface area contributed by atoms with Crippen molar-refractivity contribution < 1.29 is 4.79 Å². The summed E-state index contributed by atoms with van der Waals surface area (Å²) in [6.45, 7) is 3.20. The van der Waals surface area contributed by atoms with Crippen molar-refractivity contribution in [2.45, 2.75) is 44.7 Å². The molecule has 0 bridgehead atoms. The molecule has 3 rings (SSSR count). The van der Waals surface area contributed by atoms with Crippen molar-refractivity contribution >= 4 is 5.91 Å². The van der Waals surface area contributed by atoms with Gasteiger partial charge in [0.1, 0.15) is 0 Å². The maximum absolute atomic E-state index is 12.4. The van der Waals surface area contributed by atoms with Crippen LogP contribution in [0.1, 0.15) is 30.9 Å². The Morgan fingerprint density at radius 1 is 1.26 bits per heavy atom. The van der Waals surface area contributed by atoms with Gasteiger partial charge >= 0.3 is 0 Å². The Balaban J connectivity index is 1.58. The first kappa shape index (κ1) is 12.7. The molecule has 0 spiro atoms. The van der Waals surface area contributed by atoms with Crippen LogP contribution in [0.25, 0.3) is 0 Å². The summed E-state index contributed by atoms with van der Waals surface area (Å²) in [6, 6.07) is 9.29. The molecule has 0 saturated carbocycles. The van der Waals surface area contributed by atoms with Crippen LogP contribution in [-0.2, 0) is 17.6 Å². The molecule has 1 aromatic carbocycles. The highest BCUT2D eigenvalue weighted by atomic mass is 16.1. The van der Waals surface area contributed by atoms with E-state index in [1.807, 2.05) is 0 Å². The quantitative estimate of drug-likeness (QED) is 0.847. The first-order valence-electron chi connectivity index (χ1n) is 7.33. The van der Waals surface area contributed by atoms with E-state index in [0.717, 1.165) is 32.2 Å². The van der Waals surface area contributed by atoms with Crippen molar-refractivity contribution in [2.75, 3.05) is 6.54 Å². The van der Waals surface area contributed by atoms with Crippen molar-refractivity contribution in [1.82, 2.24) is 10.6 Å². The van der Waals surface area contributed by atoms with Gasteiger partial charge in [-0.2, -0.15) is 0 Å². The third-order valence-corrected chi connectivity index (χ3v) is 4.39. The van der Waals surface area contributed by atoms with Gasteiger partial charge in [0.05, 0.1) is 0 Å². The minimum Gasteiger partial charge on any atom is -0.353 e. The van der Waals surface area contributed by atoms with Gasteiger partial charge in [0.15, 0.2) is 0 Å². The van der Waals surface area contributed by atoms with Crippen LogP contribution in [0.3, 0.4) is 0 Å². The fourth-order valence-electron chi connectivity index (χ4n) is 3.33. The summed E-state index contributed by atoms with van der Waals surface area (Å²) in [6.07, 6.45) is 3.91. The molecular weight excluding hydrogens is 236 g/mol. The van der Waals surface area contributed by atoms with Crippen LogP contribution in [0, 0.1) is 5.92 Å². The van der Waals surface area contributed by atoms with E-state index in [-0.39, 0.29) is 11.8 Å². The number of fused-ring (bicyclic) bond motifs is 1. The highest BCUT2D eigenvalue weighted by Gasteiger charge is 2.29. The molecule has 1 aromatic rings. The summed E-state index contributed by atoms with van der Waals surface area (Å²) in [5, 5.41) is 6.66. The zero-order valence-electron chi connectivity index (χ0n) is 11.5. The van der Waals surface area contributed by atoms with E-state index in [1.165, 1.54) is 11.1 Å². The van der Waals surface area contributed by atoms with Crippen LogP contribution >= 0.6 is 0 Å². The van der Waals surface area contributed by atoms with E-state index in [2.05, 4.69) is 41.8 Å². The number of carbonyl (C=O) groups excluding carboxylic acids is 1. The third-order valence-electron chi connectivity index (χ3n) is 4.39. The number of piperidine rings is 1. The van der Waals surface area contributed by atoms with E-state index in [9.17, 15) is 4.79 Å². The Kier molecular flexibility index (Phi) is 3.56. The van der Waals surface area contributed by atoms with Crippen LogP contribution in [0.2, 0.25) is 0 Å². The molecule has 3 heteroatoms. The molecule has 1 amide bonds. The number of nitrogens with one attached hydrogen (secondary N) is 2. The monoisotopic (exact) mass is 258 g/mol. The van der Waals surface area contributed by atoms with Crippen molar-refractivity contribution in [3.63, 3.8) is 0 Å². The van der Waals surface area contributed by atoms with Gasteiger partial charge < -0.3 is 10.6 Å². The lowest BCUT2D eigenvalue weighted by atomic mass is 9.98. The minimum absolute atomic E-state index is 0.141. The second-order valence-corrected chi connectivity index (χ2v) is 5.96. The van der Waals surface area contributed by atoms with Crippen LogP contribution in [-0.4, -0.2) is 24.5 Å². The zero-order chi connectivity index (χ0) is 13.2. The molecule has 1 aliphatic heterocycles. The van der Waals surface area contributed by atoms with Gasteiger partial charge in [0.2, 0.25) is 5.91 Å². The van der Waals surface area contributed by atoms with Crippen molar-refractivity contribution in [1.29, 1.82) is 0 Å². The van der Waals surface area contributed by atoms with Crippen LogP contribution in [0.4, 0.5) is 0 Å². The number of hydrogen-bond donors (Lipinski definition) is 2. The molecule has 19 heavy (non-hydrogen) atoms. The molecule has 1 fully saturated rings. The Morgan fingerprint density at radius 3 is 2.58 bits per heavy atom. The predicted molar refractivity (Wildman–Crippen MR) is 76.0 cm³/mol. The molecule has 0 aromatic heterocycles. The maximum Gasteiger partial charge on any atom is 0.223 e. The molecule has 102 valence electrons. The van der Waals surface area contributed by atoms with Gasteiger partial charge in [-0.3, -0.25) is 4.79 Å². The van der Waals surface area contributed by atoms with Crippen LogP contribution in [0.15, 0.2) is 24.3 Å². The minimum atomic E-state index is 0.141. The summed E-state index contributed by atoms with van der Waals surface area (Å²) < 4.78 is 0. The Hall–Kier alpha value is -1.35. The number of carbonyl (C=O) groups is 1. The van der Waals surface area contributed by atoms with Crippen LogP contribution in [0.5, 0.6) is 0 Å². The van der Waals surface area contributed by atoms with E-state index in [4.69, 9.17) is 0 Å². The fraction of sp³-hybridized carbons (Fsp3) is 0.562. The lowest BCUT2D eigenvalue weighted by Crippen LogP contribution is -2.48. The second-order valence-electron chi connectivity index (χ2n) is 5.96. The van der Waals surface area contributed by atoms with Gasteiger partial charge in [-0.15, -0.1) is 0 Å². The molecule has 2 unspecified atom stereocenters. The van der Waals surface area contributed by atoms with Gasteiger partial charge in [-0.25, -0.2) is 0 Å². The molecule has 3 nitrogen and oxygen atoms in total. The van der Waals surface area contributed by atoms with Crippen molar-refractivity contribution in [2.24, 2.45) is 5.92 Å². The molecule has 1 saturated heterocycles. The Labute approximate surface area is 114 Å². The molecule has 1 aliphatic carbocycles. The smallest absolute Gasteiger partial charge is 0.223 e. The molecular formula is C16H22N2O. The van der Waals surface area contributed by atoms with Crippen molar-refractivity contribution in [3.8, 4) is 0 Å². The van der Waals surface area contributed by atoms with E-state index in [0.29, 0.717) is 12.1 Å². The first-order chi connectivity index (χ1) is 9.22. The molecule has 1 heterocycles. The summed E-state index contributed by atoms with van der Waals surface area (Å²) in [5.41, 5.74) is 2.70. The number of amides is 1. The zero-order valence-corrected chi connectivity index (χ0v) is 11.5. The van der Waals surface area contributed by atoms with Gasteiger partial charge in [-0.05, 0) is 50.3 Å². The molecule has 2 N–H and O–H groups in total. The largest absolute Gasteiger partial charge is 0.353 e. The van der Waals surface area contributed by atoms with Gasteiger partial charge in [-0.1, -0.05) is 24.3 Å². The molecule has 0 radical (unpaired) electrons. The number of hydrogen-bond acceptors (Lipinski definition) is 2. The maximum atomic E-state index is 12.4. The lowest BCUT2D eigenvalue weighted by Gasteiger charge is -2.29. The van der Waals surface area contributed by atoms with Crippen LogP contribution < -0.4 is 10.6 Å². The fourth-order valence-corrected chi connectivity index (χ4v) is 3.33. The van der Waals surface area contributed by atoms with E-state index < -0.39 is 0 Å². The summed E-state index contributed by atoms with van der Waals surface area (Å²) in [7, 11) is 0. The number of rotatable bonds is 2. The average molecular weight is 258 g/mol. The van der Waals surface area contributed by atoms with Crippen molar-refractivity contribution in [3.05, 3.63) is 35.4 Å². The summed E-state index contributed by atoms with van der Waals surface area (Å²) in [4.78, 5) is 12.4. The summed E-state index contributed by atoms with van der Waals surface area (Å²) >= 11 is 0. The molecule has 2 aliphatic rings. The standard InChI is InChI=1S/C16H22N2O/c1-11-8-15(6-7-17-11)18-16(19)14-9-12-4-2-3-5-13(12)10-14/h2-5,11,14-15,17H,6-10H2,1H3,(H,18,19). The Morgan fingerprint density at radius 2 is 1.95 bits per heavy atom. The van der Waals surface area contributed by atoms with E-state index in [1.54, 1.807) is 0 Å². The summed E-state index contributed by atoms with van der Waals surface area (Å²) in [5.74, 6) is 0.387. The van der Waals surface area contributed by atoms with Gasteiger partial charge in [0.25, 0.3) is 0 Å². The predicted octanol–water partition coefficient (Wildman–Crippen LogP) is 1.66. The van der Waals surface area contributed by atoms with Gasteiger partial charge in [0, 0.05) is 18.0 Å². The second kappa shape index (κ2) is 5.33. The average Bonchev–Trinajstić information content (AvgIpc) is 2.82. The highest BCUT2D eigenvalue weighted by Crippen LogP contribution is 2.26. The first-order valence-corrected chi connectivity index (χ1v) is 7.33. The normalized spacial score (nSPS) is 27.0.